The first-order valence-corrected chi connectivity index (χ1v) is 6.88. The zero-order valence-electron chi connectivity index (χ0n) is 10.8. The molecule has 0 spiro atoms. The van der Waals surface area contributed by atoms with E-state index in [2.05, 4.69) is 40.6 Å². The summed E-state index contributed by atoms with van der Waals surface area (Å²) in [6.07, 6.45) is 2.84. The monoisotopic (exact) mass is 270 g/mol. The molecule has 0 amide bonds. The van der Waals surface area contributed by atoms with Gasteiger partial charge in [0.05, 0.1) is 17.3 Å². The van der Waals surface area contributed by atoms with Gasteiger partial charge < -0.3 is 4.40 Å². The summed E-state index contributed by atoms with van der Waals surface area (Å²) < 4.78 is 2.07. The van der Waals surface area contributed by atoms with Gasteiger partial charge in [0.15, 0.2) is 0 Å². The third-order valence-corrected chi connectivity index (χ3v) is 3.55. The quantitative estimate of drug-likeness (QED) is 0.658. The zero-order chi connectivity index (χ0) is 13.2. The maximum absolute atomic E-state index is 6.09. The van der Waals surface area contributed by atoms with E-state index < -0.39 is 0 Å². The van der Waals surface area contributed by atoms with E-state index in [1.165, 1.54) is 11.1 Å². The van der Waals surface area contributed by atoms with E-state index in [9.17, 15) is 0 Å². The van der Waals surface area contributed by atoms with Crippen LogP contribution in [-0.2, 0) is 12.3 Å². The van der Waals surface area contributed by atoms with Gasteiger partial charge in [0, 0.05) is 12.6 Å². The number of aryl methyl sites for hydroxylation is 1. The van der Waals surface area contributed by atoms with Gasteiger partial charge in [0.1, 0.15) is 5.65 Å². The average molecular weight is 271 g/mol. The summed E-state index contributed by atoms with van der Waals surface area (Å²) in [5.74, 6) is 0.479. The van der Waals surface area contributed by atoms with Gasteiger partial charge in [0.2, 0.25) is 0 Å². The molecule has 2 heterocycles. The van der Waals surface area contributed by atoms with E-state index in [1.54, 1.807) is 0 Å². The third kappa shape index (κ3) is 2.36. The summed E-state index contributed by atoms with van der Waals surface area (Å²) in [5.41, 5.74) is 5.65. The lowest BCUT2D eigenvalue weighted by molar-refractivity contribution is 1.03. The second-order valence-electron chi connectivity index (χ2n) is 4.73. The molecule has 0 bridgehead atoms. The minimum atomic E-state index is 0.479. The molecule has 3 heteroatoms. The van der Waals surface area contributed by atoms with Crippen molar-refractivity contribution in [1.29, 1.82) is 0 Å². The molecule has 0 fully saturated rings. The predicted molar refractivity (Wildman–Crippen MR) is 78.7 cm³/mol. The van der Waals surface area contributed by atoms with Gasteiger partial charge in [-0.15, -0.1) is 11.6 Å². The molecule has 96 valence electrons. The molecule has 0 saturated carbocycles. The fourth-order valence-electron chi connectivity index (χ4n) is 2.39. The topological polar surface area (TPSA) is 17.3 Å². The molecule has 0 aliphatic heterocycles. The van der Waals surface area contributed by atoms with Crippen molar-refractivity contribution in [1.82, 2.24) is 9.38 Å². The number of alkyl halides is 1. The van der Waals surface area contributed by atoms with Gasteiger partial charge in [-0.05, 0) is 24.6 Å². The van der Waals surface area contributed by atoms with E-state index in [-0.39, 0.29) is 0 Å². The summed E-state index contributed by atoms with van der Waals surface area (Å²) in [7, 11) is 0. The van der Waals surface area contributed by atoms with Crippen molar-refractivity contribution >= 4 is 17.2 Å². The lowest BCUT2D eigenvalue weighted by atomic mass is 10.1. The lowest BCUT2D eigenvalue weighted by Crippen LogP contribution is -1.95. The molecule has 0 N–H and O–H groups in total. The van der Waals surface area contributed by atoms with Gasteiger partial charge in [0.25, 0.3) is 0 Å². The normalized spacial score (nSPS) is 11.1. The Morgan fingerprint density at radius 1 is 1.16 bits per heavy atom. The maximum atomic E-state index is 6.09. The van der Waals surface area contributed by atoms with Crippen LogP contribution in [0.3, 0.4) is 0 Å². The molecule has 3 aromatic rings. The third-order valence-electron chi connectivity index (χ3n) is 3.29. The first-order chi connectivity index (χ1) is 9.28. The summed E-state index contributed by atoms with van der Waals surface area (Å²) in [4.78, 5) is 4.69. The number of imidazole rings is 1. The minimum absolute atomic E-state index is 0.479. The Balaban J connectivity index is 2.05. The van der Waals surface area contributed by atoms with Crippen molar-refractivity contribution in [2.75, 3.05) is 0 Å². The van der Waals surface area contributed by atoms with Gasteiger partial charge in [-0.1, -0.05) is 35.9 Å². The average Bonchev–Trinajstić information content (AvgIpc) is 2.75. The summed E-state index contributed by atoms with van der Waals surface area (Å²) in [6, 6.07) is 14.5. The van der Waals surface area contributed by atoms with E-state index in [0.29, 0.717) is 5.88 Å². The van der Waals surface area contributed by atoms with Crippen molar-refractivity contribution in [3.63, 3.8) is 0 Å². The first kappa shape index (κ1) is 12.2. The van der Waals surface area contributed by atoms with Crippen molar-refractivity contribution < 1.29 is 0 Å². The number of pyridine rings is 1. The van der Waals surface area contributed by atoms with Crippen LogP contribution in [0.1, 0.15) is 22.5 Å². The molecule has 2 nitrogen and oxygen atoms in total. The van der Waals surface area contributed by atoms with Crippen molar-refractivity contribution in [3.8, 4) is 0 Å². The van der Waals surface area contributed by atoms with E-state index >= 15 is 0 Å². The predicted octanol–water partition coefficient (Wildman–Crippen LogP) is 3.97. The number of hydrogen-bond donors (Lipinski definition) is 0. The molecule has 0 aliphatic rings. The Bertz CT molecular complexity index is 716. The molecule has 19 heavy (non-hydrogen) atoms. The van der Waals surface area contributed by atoms with Crippen molar-refractivity contribution in [2.45, 2.75) is 19.2 Å². The number of benzene rings is 1. The molecule has 3 rings (SSSR count). The second kappa shape index (κ2) is 5.06. The van der Waals surface area contributed by atoms with Crippen LogP contribution in [0.25, 0.3) is 5.65 Å². The van der Waals surface area contributed by atoms with Gasteiger partial charge in [-0.25, -0.2) is 4.98 Å². The minimum Gasteiger partial charge on any atom is -0.303 e. The Kier molecular flexibility index (Phi) is 3.26. The van der Waals surface area contributed by atoms with Crippen LogP contribution in [0, 0.1) is 6.92 Å². The van der Waals surface area contributed by atoms with E-state index in [1.807, 2.05) is 24.4 Å². The molecular formula is C16H15ClN2. The molecule has 1 aromatic carbocycles. The maximum Gasteiger partial charge on any atom is 0.137 e. The smallest absolute Gasteiger partial charge is 0.137 e. The van der Waals surface area contributed by atoms with Crippen LogP contribution in [-0.4, -0.2) is 9.38 Å². The van der Waals surface area contributed by atoms with Crippen molar-refractivity contribution in [3.05, 3.63) is 71.2 Å². The fourth-order valence-corrected chi connectivity index (χ4v) is 2.68. The second-order valence-corrected chi connectivity index (χ2v) is 5.00. The Morgan fingerprint density at radius 2 is 2.05 bits per heavy atom. The Morgan fingerprint density at radius 3 is 2.84 bits per heavy atom. The number of nitrogens with zero attached hydrogens (tertiary/aromatic N) is 2. The number of aromatic nitrogens is 2. The van der Waals surface area contributed by atoms with Gasteiger partial charge in [-0.3, -0.25) is 0 Å². The highest BCUT2D eigenvalue weighted by Gasteiger charge is 2.11. The van der Waals surface area contributed by atoms with E-state index in [4.69, 9.17) is 11.6 Å². The SMILES string of the molecule is Cc1cccc(Cc2nc3ccccn3c2CCl)c1. The summed E-state index contributed by atoms with van der Waals surface area (Å²) >= 11 is 6.09. The summed E-state index contributed by atoms with van der Waals surface area (Å²) in [5, 5.41) is 0. The highest BCUT2D eigenvalue weighted by Crippen LogP contribution is 2.18. The number of fused-ring (bicyclic) bond motifs is 1. The molecule has 2 aromatic heterocycles. The largest absolute Gasteiger partial charge is 0.303 e. The van der Waals surface area contributed by atoms with Crippen LogP contribution in [0.5, 0.6) is 0 Å². The Labute approximate surface area is 117 Å². The van der Waals surface area contributed by atoms with Crippen LogP contribution in [0.2, 0.25) is 0 Å². The number of halogens is 1. The van der Waals surface area contributed by atoms with Crippen LogP contribution in [0.4, 0.5) is 0 Å². The molecule has 0 atom stereocenters. The molecule has 0 saturated heterocycles. The highest BCUT2D eigenvalue weighted by atomic mass is 35.5. The lowest BCUT2D eigenvalue weighted by Gasteiger charge is -2.03. The summed E-state index contributed by atoms with van der Waals surface area (Å²) in [6.45, 7) is 2.11. The fraction of sp³-hybridized carbons (Fsp3) is 0.188. The van der Waals surface area contributed by atoms with Gasteiger partial charge >= 0.3 is 0 Å². The standard InChI is InChI=1S/C16H15ClN2/c1-12-5-4-6-13(9-12)10-14-15(11-17)19-8-3-2-7-16(19)18-14/h2-9H,10-11H2,1H3. The zero-order valence-corrected chi connectivity index (χ0v) is 11.6. The number of hydrogen-bond acceptors (Lipinski definition) is 1. The number of rotatable bonds is 3. The van der Waals surface area contributed by atoms with E-state index in [0.717, 1.165) is 23.5 Å². The molecule has 0 unspecified atom stereocenters. The molecule has 0 aliphatic carbocycles. The van der Waals surface area contributed by atoms with Crippen LogP contribution < -0.4 is 0 Å². The highest BCUT2D eigenvalue weighted by molar-refractivity contribution is 6.17. The van der Waals surface area contributed by atoms with Crippen molar-refractivity contribution in [2.24, 2.45) is 0 Å². The molecular weight excluding hydrogens is 256 g/mol. The van der Waals surface area contributed by atoms with Crippen LogP contribution >= 0.6 is 11.6 Å². The first-order valence-electron chi connectivity index (χ1n) is 6.34. The Hall–Kier alpha value is -1.80. The van der Waals surface area contributed by atoms with Crippen LogP contribution in [0.15, 0.2) is 48.7 Å². The van der Waals surface area contributed by atoms with Gasteiger partial charge in [-0.2, -0.15) is 0 Å². The molecule has 0 radical (unpaired) electrons.